The van der Waals surface area contributed by atoms with Crippen molar-refractivity contribution in [1.82, 2.24) is 14.8 Å². The molecule has 2 aliphatic rings. The second kappa shape index (κ2) is 7.95. The molecule has 0 aromatic carbocycles. The van der Waals surface area contributed by atoms with Crippen LogP contribution in [0.4, 0.5) is 0 Å². The predicted molar refractivity (Wildman–Crippen MR) is 94.4 cm³/mol. The van der Waals surface area contributed by atoms with Crippen LogP contribution in [0, 0.1) is 0 Å². The fourth-order valence-electron chi connectivity index (χ4n) is 3.59. The number of likely N-dealkylation sites (tertiary alicyclic amines) is 1. The first-order valence-corrected chi connectivity index (χ1v) is 9.11. The Bertz CT molecular complexity index is 601. The van der Waals surface area contributed by atoms with Crippen LogP contribution in [0.25, 0.3) is 0 Å². The maximum absolute atomic E-state index is 12.4. The molecule has 136 valence electrons. The molecular formula is C19H27N3O3. The lowest BCUT2D eigenvalue weighted by Crippen LogP contribution is -2.39. The fraction of sp³-hybridized carbons (Fsp3) is 0.632. The number of nitrogens with zero attached hydrogens (tertiary/aromatic N) is 3. The van der Waals surface area contributed by atoms with Gasteiger partial charge in [-0.2, -0.15) is 0 Å². The summed E-state index contributed by atoms with van der Waals surface area (Å²) in [6.07, 6.45) is 6.21. The van der Waals surface area contributed by atoms with E-state index in [0.29, 0.717) is 17.9 Å². The highest BCUT2D eigenvalue weighted by atomic mass is 16.5. The molecule has 1 aromatic heterocycles. The van der Waals surface area contributed by atoms with E-state index >= 15 is 0 Å². The van der Waals surface area contributed by atoms with Gasteiger partial charge in [-0.15, -0.1) is 0 Å². The molecule has 0 bridgehead atoms. The fourth-order valence-corrected chi connectivity index (χ4v) is 3.59. The molecular weight excluding hydrogens is 318 g/mol. The molecule has 0 saturated carbocycles. The number of carbonyl (C=O) groups is 2. The summed E-state index contributed by atoms with van der Waals surface area (Å²) in [6, 6.07) is 3.80. The number of hydrogen-bond acceptors (Lipinski definition) is 4. The zero-order chi connectivity index (χ0) is 17.8. The van der Waals surface area contributed by atoms with Crippen molar-refractivity contribution >= 4 is 11.8 Å². The molecule has 2 amide bonds. The lowest BCUT2D eigenvalue weighted by molar-refractivity contribution is -0.134. The van der Waals surface area contributed by atoms with Crippen LogP contribution >= 0.6 is 0 Å². The summed E-state index contributed by atoms with van der Waals surface area (Å²) < 4.78 is 5.56. The van der Waals surface area contributed by atoms with Gasteiger partial charge in [0.2, 0.25) is 5.91 Å². The first-order chi connectivity index (χ1) is 12.0. The minimum Gasteiger partial charge on any atom is -0.378 e. The van der Waals surface area contributed by atoms with E-state index in [9.17, 15) is 9.59 Å². The first kappa shape index (κ1) is 17.9. The summed E-state index contributed by atoms with van der Waals surface area (Å²) in [7, 11) is 3.47. The van der Waals surface area contributed by atoms with Crippen molar-refractivity contribution in [2.75, 3.05) is 33.8 Å². The quantitative estimate of drug-likeness (QED) is 0.838. The maximum Gasteiger partial charge on any atom is 0.254 e. The Balaban J connectivity index is 1.51. The number of aromatic nitrogens is 1. The lowest BCUT2D eigenvalue weighted by atomic mass is 9.92. The predicted octanol–water partition coefficient (Wildman–Crippen LogP) is 2.06. The third kappa shape index (κ3) is 4.37. The number of ether oxygens (including phenoxy) is 1. The Morgan fingerprint density at radius 1 is 1.24 bits per heavy atom. The molecule has 3 rings (SSSR count). The molecule has 1 atom stereocenters. The van der Waals surface area contributed by atoms with Crippen molar-refractivity contribution < 1.29 is 14.3 Å². The van der Waals surface area contributed by atoms with E-state index in [2.05, 4.69) is 4.98 Å². The number of pyridine rings is 1. The molecule has 2 saturated heterocycles. The molecule has 2 aliphatic heterocycles. The smallest absolute Gasteiger partial charge is 0.254 e. The third-order valence-corrected chi connectivity index (χ3v) is 5.13. The van der Waals surface area contributed by atoms with E-state index in [1.165, 1.54) is 0 Å². The molecule has 1 aromatic rings. The molecule has 0 radical (unpaired) electrons. The van der Waals surface area contributed by atoms with Gasteiger partial charge < -0.3 is 14.5 Å². The van der Waals surface area contributed by atoms with E-state index in [4.69, 9.17) is 4.74 Å². The summed E-state index contributed by atoms with van der Waals surface area (Å²) >= 11 is 0. The summed E-state index contributed by atoms with van der Waals surface area (Å²) in [6.45, 7) is 2.34. The zero-order valence-corrected chi connectivity index (χ0v) is 15.1. The van der Waals surface area contributed by atoms with Crippen molar-refractivity contribution in [3.63, 3.8) is 0 Å². The molecule has 6 nitrogen and oxygen atoms in total. The average Bonchev–Trinajstić information content (AvgIpc) is 3.14. The van der Waals surface area contributed by atoms with Gasteiger partial charge in [-0.05, 0) is 37.8 Å². The van der Waals surface area contributed by atoms with Crippen molar-refractivity contribution in [1.29, 1.82) is 0 Å². The van der Waals surface area contributed by atoms with Crippen molar-refractivity contribution in [2.24, 2.45) is 0 Å². The SMILES string of the molecule is CN(C)C(=O)c1ccc(C2CCN(C(=O)C[C@H]3CCCO3)CC2)nc1. The Kier molecular flexibility index (Phi) is 5.68. The van der Waals surface area contributed by atoms with E-state index < -0.39 is 0 Å². The number of carbonyl (C=O) groups excluding carboxylic acids is 2. The van der Waals surface area contributed by atoms with Crippen LogP contribution in [0.1, 0.15) is 54.1 Å². The van der Waals surface area contributed by atoms with Gasteiger partial charge in [-0.1, -0.05) is 0 Å². The second-order valence-corrected chi connectivity index (χ2v) is 7.17. The number of piperidine rings is 1. The topological polar surface area (TPSA) is 62.7 Å². The van der Waals surface area contributed by atoms with Crippen molar-refractivity contribution in [3.8, 4) is 0 Å². The summed E-state index contributed by atoms with van der Waals surface area (Å²) in [5, 5.41) is 0. The molecule has 0 aliphatic carbocycles. The van der Waals surface area contributed by atoms with Gasteiger partial charge in [0.05, 0.1) is 18.1 Å². The highest BCUT2D eigenvalue weighted by Gasteiger charge is 2.27. The van der Waals surface area contributed by atoms with Gasteiger partial charge in [0.25, 0.3) is 5.91 Å². The largest absolute Gasteiger partial charge is 0.378 e. The molecule has 3 heterocycles. The van der Waals surface area contributed by atoms with Gasteiger partial charge in [-0.25, -0.2) is 0 Å². The molecule has 0 N–H and O–H groups in total. The van der Waals surface area contributed by atoms with Crippen LogP contribution in [0.15, 0.2) is 18.3 Å². The lowest BCUT2D eigenvalue weighted by Gasteiger charge is -2.32. The molecule has 0 unspecified atom stereocenters. The van der Waals surface area contributed by atoms with Crippen LogP contribution in [0.2, 0.25) is 0 Å². The highest BCUT2D eigenvalue weighted by molar-refractivity contribution is 5.93. The van der Waals surface area contributed by atoms with E-state index in [0.717, 1.165) is 51.1 Å². The van der Waals surface area contributed by atoms with Crippen LogP contribution < -0.4 is 0 Å². The van der Waals surface area contributed by atoms with Gasteiger partial charge in [0.15, 0.2) is 0 Å². The van der Waals surface area contributed by atoms with Gasteiger partial charge >= 0.3 is 0 Å². The normalized spacial score (nSPS) is 21.4. The van der Waals surface area contributed by atoms with Crippen LogP contribution in [0.5, 0.6) is 0 Å². The van der Waals surface area contributed by atoms with Crippen molar-refractivity contribution in [2.45, 2.75) is 44.1 Å². The average molecular weight is 345 g/mol. The second-order valence-electron chi connectivity index (χ2n) is 7.17. The summed E-state index contributed by atoms with van der Waals surface area (Å²) in [5.41, 5.74) is 1.62. The standard InChI is InChI=1S/C19H27N3O3/c1-21(2)19(24)15-5-6-17(20-13-15)14-7-9-22(10-8-14)18(23)12-16-4-3-11-25-16/h5-6,13-14,16H,3-4,7-12H2,1-2H3/t16-/m1/s1. The Labute approximate surface area is 149 Å². The Morgan fingerprint density at radius 2 is 2.00 bits per heavy atom. The maximum atomic E-state index is 12.4. The number of hydrogen-bond donors (Lipinski definition) is 0. The van der Waals surface area contributed by atoms with Crippen LogP contribution in [-0.2, 0) is 9.53 Å². The van der Waals surface area contributed by atoms with Gasteiger partial charge in [-0.3, -0.25) is 14.6 Å². The molecule has 0 spiro atoms. The Morgan fingerprint density at radius 3 is 2.56 bits per heavy atom. The Hall–Kier alpha value is -1.95. The molecule has 6 heteroatoms. The van der Waals surface area contributed by atoms with E-state index in [-0.39, 0.29) is 17.9 Å². The third-order valence-electron chi connectivity index (χ3n) is 5.13. The minimum atomic E-state index is -0.0337. The highest BCUT2D eigenvalue weighted by Crippen LogP contribution is 2.27. The number of rotatable bonds is 4. The molecule has 2 fully saturated rings. The van der Waals surface area contributed by atoms with Crippen LogP contribution in [0.3, 0.4) is 0 Å². The summed E-state index contributed by atoms with van der Waals surface area (Å²) in [4.78, 5) is 32.3. The summed E-state index contributed by atoms with van der Waals surface area (Å²) in [5.74, 6) is 0.536. The van der Waals surface area contributed by atoms with E-state index in [1.54, 1.807) is 25.2 Å². The minimum absolute atomic E-state index is 0.0337. The zero-order valence-electron chi connectivity index (χ0n) is 15.1. The van der Waals surface area contributed by atoms with Gasteiger partial charge in [0, 0.05) is 51.6 Å². The first-order valence-electron chi connectivity index (χ1n) is 9.11. The number of amides is 2. The van der Waals surface area contributed by atoms with Crippen LogP contribution in [-0.4, -0.2) is 66.5 Å². The van der Waals surface area contributed by atoms with Gasteiger partial charge in [0.1, 0.15) is 0 Å². The molecule has 25 heavy (non-hydrogen) atoms. The van der Waals surface area contributed by atoms with E-state index in [1.807, 2.05) is 17.0 Å². The monoisotopic (exact) mass is 345 g/mol. The van der Waals surface area contributed by atoms with Crippen molar-refractivity contribution in [3.05, 3.63) is 29.6 Å².